The molecule has 0 heterocycles. The third kappa shape index (κ3) is 4.75. The predicted octanol–water partition coefficient (Wildman–Crippen LogP) is 2.00. The van der Waals surface area contributed by atoms with E-state index in [1.54, 1.807) is 0 Å². The van der Waals surface area contributed by atoms with E-state index in [2.05, 4.69) is 12.2 Å². The lowest BCUT2D eigenvalue weighted by atomic mass is 10.1. The van der Waals surface area contributed by atoms with Gasteiger partial charge in [0.2, 0.25) is 0 Å². The van der Waals surface area contributed by atoms with Crippen molar-refractivity contribution in [3.63, 3.8) is 0 Å². The van der Waals surface area contributed by atoms with Gasteiger partial charge in [0.05, 0.1) is 0 Å². The SMILES string of the molecule is CCCCNC(=O)COc1ccccc1C(C)N. The Balaban J connectivity index is 2.45. The van der Waals surface area contributed by atoms with Gasteiger partial charge in [0.25, 0.3) is 5.91 Å². The third-order valence-electron chi connectivity index (χ3n) is 2.62. The van der Waals surface area contributed by atoms with E-state index in [-0.39, 0.29) is 18.6 Å². The van der Waals surface area contributed by atoms with Crippen LogP contribution >= 0.6 is 0 Å². The van der Waals surface area contributed by atoms with Crippen molar-refractivity contribution >= 4 is 5.91 Å². The molecule has 0 aliphatic rings. The van der Waals surface area contributed by atoms with Crippen molar-refractivity contribution in [3.05, 3.63) is 29.8 Å². The minimum Gasteiger partial charge on any atom is -0.483 e. The zero-order valence-corrected chi connectivity index (χ0v) is 11.1. The number of hydrogen-bond acceptors (Lipinski definition) is 3. The Bertz CT molecular complexity index is 378. The Morgan fingerprint density at radius 3 is 2.83 bits per heavy atom. The van der Waals surface area contributed by atoms with Gasteiger partial charge in [-0.25, -0.2) is 0 Å². The van der Waals surface area contributed by atoms with E-state index < -0.39 is 0 Å². The molecule has 1 rings (SSSR count). The molecule has 18 heavy (non-hydrogen) atoms. The van der Waals surface area contributed by atoms with Crippen LogP contribution in [-0.4, -0.2) is 19.1 Å². The summed E-state index contributed by atoms with van der Waals surface area (Å²) in [6, 6.07) is 7.42. The van der Waals surface area contributed by atoms with Crippen molar-refractivity contribution < 1.29 is 9.53 Å². The maximum Gasteiger partial charge on any atom is 0.257 e. The van der Waals surface area contributed by atoms with E-state index >= 15 is 0 Å². The molecule has 0 radical (unpaired) electrons. The first kappa shape index (κ1) is 14.5. The summed E-state index contributed by atoms with van der Waals surface area (Å²) in [5.74, 6) is 0.584. The average molecular weight is 250 g/mol. The Morgan fingerprint density at radius 2 is 2.17 bits per heavy atom. The number of benzene rings is 1. The first-order valence-corrected chi connectivity index (χ1v) is 6.39. The highest BCUT2D eigenvalue weighted by Gasteiger charge is 2.08. The second-order valence-corrected chi connectivity index (χ2v) is 4.32. The fraction of sp³-hybridized carbons (Fsp3) is 0.500. The standard InChI is InChI=1S/C14H22N2O2/c1-3-4-9-16-14(17)10-18-13-8-6-5-7-12(13)11(2)15/h5-8,11H,3-4,9-10,15H2,1-2H3,(H,16,17). The van der Waals surface area contributed by atoms with Gasteiger partial charge in [0.15, 0.2) is 6.61 Å². The van der Waals surface area contributed by atoms with Gasteiger partial charge in [-0.1, -0.05) is 31.5 Å². The molecule has 1 aromatic rings. The normalized spacial score (nSPS) is 11.9. The van der Waals surface area contributed by atoms with Gasteiger partial charge >= 0.3 is 0 Å². The molecular formula is C14H22N2O2. The molecule has 1 amide bonds. The molecule has 0 spiro atoms. The summed E-state index contributed by atoms with van der Waals surface area (Å²) >= 11 is 0. The fourth-order valence-corrected chi connectivity index (χ4v) is 1.59. The molecular weight excluding hydrogens is 228 g/mol. The molecule has 1 aromatic carbocycles. The van der Waals surface area contributed by atoms with Crippen LogP contribution in [0.3, 0.4) is 0 Å². The summed E-state index contributed by atoms with van der Waals surface area (Å²) in [5.41, 5.74) is 6.75. The highest BCUT2D eigenvalue weighted by Crippen LogP contribution is 2.22. The molecule has 0 bridgehead atoms. The van der Waals surface area contributed by atoms with Crippen molar-refractivity contribution in [2.45, 2.75) is 32.7 Å². The van der Waals surface area contributed by atoms with Gasteiger partial charge < -0.3 is 15.8 Å². The Morgan fingerprint density at radius 1 is 1.44 bits per heavy atom. The van der Waals surface area contributed by atoms with Gasteiger partial charge in [-0.05, 0) is 19.4 Å². The van der Waals surface area contributed by atoms with Crippen molar-refractivity contribution in [1.82, 2.24) is 5.32 Å². The molecule has 0 fully saturated rings. The van der Waals surface area contributed by atoms with Crippen LogP contribution in [0.2, 0.25) is 0 Å². The van der Waals surface area contributed by atoms with Crippen LogP contribution in [0.5, 0.6) is 5.75 Å². The quantitative estimate of drug-likeness (QED) is 0.727. The largest absolute Gasteiger partial charge is 0.483 e. The van der Waals surface area contributed by atoms with E-state index in [1.165, 1.54) is 0 Å². The number of rotatable bonds is 7. The summed E-state index contributed by atoms with van der Waals surface area (Å²) in [5, 5.41) is 2.81. The summed E-state index contributed by atoms with van der Waals surface area (Å²) in [7, 11) is 0. The first-order chi connectivity index (χ1) is 8.65. The molecule has 0 saturated heterocycles. The van der Waals surface area contributed by atoms with Gasteiger partial charge in [0.1, 0.15) is 5.75 Å². The number of ether oxygens (including phenoxy) is 1. The van der Waals surface area contributed by atoms with Gasteiger partial charge in [-0.15, -0.1) is 0 Å². The Hall–Kier alpha value is -1.55. The molecule has 0 aliphatic carbocycles. The summed E-state index contributed by atoms with van der Waals surface area (Å²) in [4.78, 5) is 11.5. The number of carbonyl (C=O) groups excluding carboxylic acids is 1. The molecule has 3 N–H and O–H groups in total. The highest BCUT2D eigenvalue weighted by atomic mass is 16.5. The van der Waals surface area contributed by atoms with Crippen LogP contribution in [-0.2, 0) is 4.79 Å². The number of nitrogens with two attached hydrogens (primary N) is 1. The van der Waals surface area contributed by atoms with Crippen molar-refractivity contribution in [1.29, 1.82) is 0 Å². The van der Waals surface area contributed by atoms with Crippen LogP contribution in [0.25, 0.3) is 0 Å². The summed E-state index contributed by atoms with van der Waals surface area (Å²) < 4.78 is 5.50. The molecule has 4 heteroatoms. The highest BCUT2D eigenvalue weighted by molar-refractivity contribution is 5.77. The smallest absolute Gasteiger partial charge is 0.257 e. The lowest BCUT2D eigenvalue weighted by Crippen LogP contribution is -2.29. The van der Waals surface area contributed by atoms with E-state index in [0.29, 0.717) is 12.3 Å². The Labute approximate surface area is 109 Å². The van der Waals surface area contributed by atoms with Crippen LogP contribution in [0.4, 0.5) is 0 Å². The molecule has 0 saturated carbocycles. The van der Waals surface area contributed by atoms with E-state index in [1.807, 2.05) is 31.2 Å². The minimum absolute atomic E-state index is 0.0352. The lowest BCUT2D eigenvalue weighted by molar-refractivity contribution is -0.123. The second kappa shape index (κ2) is 7.71. The number of carbonyl (C=O) groups is 1. The van der Waals surface area contributed by atoms with E-state index in [4.69, 9.17) is 10.5 Å². The second-order valence-electron chi connectivity index (χ2n) is 4.32. The minimum atomic E-state index is -0.107. The summed E-state index contributed by atoms with van der Waals surface area (Å²) in [6.07, 6.45) is 2.05. The van der Waals surface area contributed by atoms with Crippen LogP contribution < -0.4 is 15.8 Å². The first-order valence-electron chi connectivity index (χ1n) is 6.39. The average Bonchev–Trinajstić information content (AvgIpc) is 2.37. The fourth-order valence-electron chi connectivity index (χ4n) is 1.59. The molecule has 1 unspecified atom stereocenters. The maximum atomic E-state index is 11.5. The van der Waals surface area contributed by atoms with Gasteiger partial charge in [-0.2, -0.15) is 0 Å². The zero-order chi connectivity index (χ0) is 13.4. The number of nitrogens with one attached hydrogen (secondary N) is 1. The topological polar surface area (TPSA) is 64.3 Å². The van der Waals surface area contributed by atoms with Crippen molar-refractivity contribution in [3.8, 4) is 5.75 Å². The third-order valence-corrected chi connectivity index (χ3v) is 2.62. The molecule has 1 atom stereocenters. The van der Waals surface area contributed by atoms with Crippen LogP contribution in [0.15, 0.2) is 24.3 Å². The molecule has 4 nitrogen and oxygen atoms in total. The van der Waals surface area contributed by atoms with E-state index in [9.17, 15) is 4.79 Å². The molecule has 0 aliphatic heterocycles. The molecule has 100 valence electrons. The zero-order valence-electron chi connectivity index (χ0n) is 11.1. The van der Waals surface area contributed by atoms with Crippen molar-refractivity contribution in [2.24, 2.45) is 5.73 Å². The monoisotopic (exact) mass is 250 g/mol. The predicted molar refractivity (Wildman–Crippen MR) is 72.5 cm³/mol. The van der Waals surface area contributed by atoms with Crippen LogP contribution in [0.1, 0.15) is 38.3 Å². The number of amides is 1. The number of para-hydroxylation sites is 1. The van der Waals surface area contributed by atoms with Crippen molar-refractivity contribution in [2.75, 3.05) is 13.2 Å². The summed E-state index contributed by atoms with van der Waals surface area (Å²) in [6.45, 7) is 4.71. The molecule has 0 aromatic heterocycles. The van der Waals surface area contributed by atoms with Gasteiger partial charge in [0, 0.05) is 18.2 Å². The number of hydrogen-bond donors (Lipinski definition) is 2. The van der Waals surface area contributed by atoms with E-state index in [0.717, 1.165) is 18.4 Å². The Kier molecular flexibility index (Phi) is 6.22. The van der Waals surface area contributed by atoms with Gasteiger partial charge in [-0.3, -0.25) is 4.79 Å². The van der Waals surface area contributed by atoms with Crippen LogP contribution in [0, 0.1) is 0 Å². The maximum absolute atomic E-state index is 11.5. The number of unbranched alkanes of at least 4 members (excludes halogenated alkanes) is 1. The lowest BCUT2D eigenvalue weighted by Gasteiger charge is -2.13.